The van der Waals surface area contributed by atoms with E-state index in [4.69, 9.17) is 10.5 Å². The lowest BCUT2D eigenvalue weighted by atomic mass is 9.99. The molecule has 3 aliphatic rings. The predicted molar refractivity (Wildman–Crippen MR) is 141 cm³/mol. The van der Waals surface area contributed by atoms with Crippen molar-refractivity contribution in [3.8, 4) is 0 Å². The van der Waals surface area contributed by atoms with E-state index < -0.39 is 29.8 Å². The summed E-state index contributed by atoms with van der Waals surface area (Å²) in [5, 5.41) is 0. The summed E-state index contributed by atoms with van der Waals surface area (Å²) in [4.78, 5) is 2.37. The van der Waals surface area contributed by atoms with Crippen molar-refractivity contribution in [3.63, 3.8) is 0 Å². The van der Waals surface area contributed by atoms with E-state index in [1.165, 1.54) is 43.1 Å². The monoisotopic (exact) mass is 568 g/mol. The molecule has 0 radical (unpaired) electrons. The maximum absolute atomic E-state index is 13.6. The Labute approximate surface area is 231 Å². The fraction of sp³-hybridized carbons (Fsp3) is 0.533. The molecule has 10 heteroatoms. The molecule has 2 aromatic carbocycles. The van der Waals surface area contributed by atoms with Gasteiger partial charge in [-0.05, 0) is 86.4 Å². The molecule has 4 nitrogen and oxygen atoms in total. The number of quaternary nitrogens is 1. The number of benzene rings is 2. The first-order valence-corrected chi connectivity index (χ1v) is 14.0. The smallest absolute Gasteiger partial charge is 0.416 e. The highest BCUT2D eigenvalue weighted by molar-refractivity contribution is 5.58. The third-order valence-electron chi connectivity index (χ3n) is 8.64. The number of ether oxygens (including phenoxy) is 1. The highest BCUT2D eigenvalue weighted by atomic mass is 19.4. The normalized spacial score (nSPS) is 23.1. The molecule has 1 aliphatic heterocycles. The Morgan fingerprint density at radius 1 is 0.875 bits per heavy atom. The maximum Gasteiger partial charge on any atom is 0.416 e. The van der Waals surface area contributed by atoms with E-state index in [2.05, 4.69) is 24.0 Å². The van der Waals surface area contributed by atoms with Gasteiger partial charge in [0, 0.05) is 29.9 Å². The van der Waals surface area contributed by atoms with Gasteiger partial charge in [-0.2, -0.15) is 26.3 Å². The summed E-state index contributed by atoms with van der Waals surface area (Å²) in [7, 11) is 0. The molecule has 0 bridgehead atoms. The molecule has 1 heterocycles. The van der Waals surface area contributed by atoms with Crippen LogP contribution in [0.1, 0.15) is 72.4 Å². The highest BCUT2D eigenvalue weighted by Crippen LogP contribution is 2.40. The molecule has 1 fully saturated rings. The third-order valence-corrected chi connectivity index (χ3v) is 8.64. The molecule has 0 aromatic heterocycles. The Hall–Kier alpha value is -2.72. The second-order valence-corrected chi connectivity index (χ2v) is 11.4. The molecule has 218 valence electrons. The summed E-state index contributed by atoms with van der Waals surface area (Å²) >= 11 is 0. The molecule has 1 saturated carbocycles. The topological polar surface area (TPSA) is 38.5 Å². The Morgan fingerprint density at radius 2 is 1.50 bits per heavy atom. The summed E-state index contributed by atoms with van der Waals surface area (Å²) in [6.45, 7) is 3.92. The van der Waals surface area contributed by atoms with Crippen LogP contribution in [0.25, 0.3) is 0 Å². The molecule has 0 spiro atoms. The van der Waals surface area contributed by atoms with Gasteiger partial charge in [-0.3, -0.25) is 0 Å². The molecule has 2 N–H and O–H groups in total. The average Bonchev–Trinajstić information content (AvgIpc) is 3.63. The van der Waals surface area contributed by atoms with E-state index in [0.717, 1.165) is 55.7 Å². The highest BCUT2D eigenvalue weighted by Gasteiger charge is 2.42. The van der Waals surface area contributed by atoms with Crippen LogP contribution in [0.2, 0.25) is 0 Å². The number of nitrogens with two attached hydrogens (primary N) is 1. The average molecular weight is 569 g/mol. The molecule has 0 saturated heterocycles. The van der Waals surface area contributed by atoms with Crippen molar-refractivity contribution in [1.82, 2.24) is 0 Å². The quantitative estimate of drug-likeness (QED) is 0.265. The zero-order valence-electron chi connectivity index (χ0n) is 22.6. The molecular formula is C30H36F6N3O+. The Kier molecular flexibility index (Phi) is 7.87. The van der Waals surface area contributed by atoms with Crippen molar-refractivity contribution in [3.05, 3.63) is 76.2 Å². The van der Waals surface area contributed by atoms with Crippen molar-refractivity contribution in [2.24, 2.45) is 11.7 Å². The summed E-state index contributed by atoms with van der Waals surface area (Å²) in [5.41, 5.74) is 8.22. The number of nitrogens with zero attached hydrogens (tertiary/aromatic N) is 2. The van der Waals surface area contributed by atoms with Gasteiger partial charge in [0.15, 0.2) is 0 Å². The van der Waals surface area contributed by atoms with Crippen molar-refractivity contribution in [1.29, 1.82) is 0 Å². The van der Waals surface area contributed by atoms with Crippen LogP contribution >= 0.6 is 0 Å². The van der Waals surface area contributed by atoms with Crippen LogP contribution in [-0.4, -0.2) is 23.9 Å². The molecule has 40 heavy (non-hydrogen) atoms. The Morgan fingerprint density at radius 3 is 2.05 bits per heavy atom. The van der Waals surface area contributed by atoms with Gasteiger partial charge in [0.25, 0.3) is 6.35 Å². The third kappa shape index (κ3) is 5.98. The molecule has 2 aromatic rings. The van der Waals surface area contributed by atoms with Crippen molar-refractivity contribution in [2.45, 2.75) is 83.7 Å². The number of hydrogen-bond donors (Lipinski definition) is 1. The number of hydrogen-bond acceptors (Lipinski definition) is 3. The number of rotatable bonds is 8. The van der Waals surface area contributed by atoms with Crippen LogP contribution < -0.4 is 10.6 Å². The first kappa shape index (κ1) is 28.8. The van der Waals surface area contributed by atoms with E-state index in [9.17, 15) is 26.3 Å². The lowest BCUT2D eigenvalue weighted by molar-refractivity contribution is -0.940. The zero-order chi connectivity index (χ0) is 28.7. The summed E-state index contributed by atoms with van der Waals surface area (Å²) in [6.07, 6.45) is 0.0637. The minimum atomic E-state index is -4.92. The summed E-state index contributed by atoms with van der Waals surface area (Å²) in [6, 6.07) is 6.14. The van der Waals surface area contributed by atoms with Gasteiger partial charge in [0.2, 0.25) is 0 Å². The number of alkyl halides is 6. The van der Waals surface area contributed by atoms with Crippen LogP contribution in [-0.2, 0) is 43.0 Å². The van der Waals surface area contributed by atoms with E-state index in [-0.39, 0.29) is 29.2 Å². The van der Waals surface area contributed by atoms with Crippen molar-refractivity contribution >= 4 is 5.69 Å². The minimum Gasteiger partial charge on any atom is -0.431 e. The number of halogens is 6. The second kappa shape index (κ2) is 10.9. The Balaban J connectivity index is 1.54. The number of aryl methyl sites for hydroxylation is 2. The SMILES string of the molecule is CCN(CC1CCCC1)c1cc2c(cc1C[N+]1(Cc3cc(C(F)(F)F)cc(C(F)(F)F)c3)C=COC1N)CCC2. The lowest BCUT2D eigenvalue weighted by Gasteiger charge is -2.37. The van der Waals surface area contributed by atoms with Crippen LogP contribution in [0.3, 0.4) is 0 Å². The van der Waals surface area contributed by atoms with Crippen LogP contribution in [0.5, 0.6) is 0 Å². The lowest BCUT2D eigenvalue weighted by Crippen LogP contribution is -2.52. The molecule has 2 atom stereocenters. The molecule has 2 unspecified atom stereocenters. The molecular weight excluding hydrogens is 532 g/mol. The van der Waals surface area contributed by atoms with Gasteiger partial charge in [0.05, 0.1) is 11.1 Å². The van der Waals surface area contributed by atoms with E-state index in [1.54, 1.807) is 6.20 Å². The zero-order valence-corrected chi connectivity index (χ0v) is 22.6. The molecule has 0 amide bonds. The maximum atomic E-state index is 13.6. The van der Waals surface area contributed by atoms with Crippen LogP contribution in [0.4, 0.5) is 32.0 Å². The van der Waals surface area contributed by atoms with Crippen LogP contribution in [0.15, 0.2) is 42.8 Å². The largest absolute Gasteiger partial charge is 0.431 e. The molecule has 2 aliphatic carbocycles. The van der Waals surface area contributed by atoms with Gasteiger partial charge >= 0.3 is 12.4 Å². The standard InChI is InChI=1S/C30H36F6N3O/c1-2-38(17-20-6-3-4-7-20)27-15-23-9-5-8-22(23)14-24(27)19-39(10-11-40-28(39)37)18-21-12-25(29(31,32)33)16-26(13-21)30(34,35)36/h10-16,20,28H,2-9,17-19,37H2,1H3/q+1. The van der Waals surface area contributed by atoms with Gasteiger partial charge in [-0.1, -0.05) is 12.8 Å². The van der Waals surface area contributed by atoms with Crippen molar-refractivity contribution in [2.75, 3.05) is 18.0 Å². The summed E-state index contributed by atoms with van der Waals surface area (Å²) < 4.78 is 87.0. The fourth-order valence-corrected chi connectivity index (χ4v) is 6.54. The van der Waals surface area contributed by atoms with Gasteiger partial charge in [-0.15, -0.1) is 0 Å². The van der Waals surface area contributed by atoms with Crippen molar-refractivity contribution < 1.29 is 35.6 Å². The first-order valence-electron chi connectivity index (χ1n) is 14.0. The number of anilines is 1. The molecule has 5 rings (SSSR count). The van der Waals surface area contributed by atoms with Crippen LogP contribution in [0, 0.1) is 5.92 Å². The van der Waals surface area contributed by atoms with Gasteiger partial charge in [0.1, 0.15) is 25.6 Å². The first-order chi connectivity index (χ1) is 18.9. The van der Waals surface area contributed by atoms with Gasteiger partial charge < -0.3 is 9.64 Å². The fourth-order valence-electron chi connectivity index (χ4n) is 6.54. The number of fused-ring (bicyclic) bond motifs is 1. The van der Waals surface area contributed by atoms with E-state index >= 15 is 0 Å². The predicted octanol–water partition coefficient (Wildman–Crippen LogP) is 7.49. The minimum absolute atomic E-state index is 0.103. The summed E-state index contributed by atoms with van der Waals surface area (Å²) in [5.74, 6) is 0.604. The van der Waals surface area contributed by atoms with Gasteiger partial charge in [-0.25, -0.2) is 10.2 Å². The van der Waals surface area contributed by atoms with E-state index in [0.29, 0.717) is 5.92 Å². The Bertz CT molecular complexity index is 1220. The van der Waals surface area contributed by atoms with E-state index in [1.807, 2.05) is 0 Å². The second-order valence-electron chi connectivity index (χ2n) is 11.4.